The first-order valence-electron chi connectivity index (χ1n) is 15.6. The lowest BCUT2D eigenvalue weighted by atomic mass is 9.92. The van der Waals surface area contributed by atoms with Crippen molar-refractivity contribution in [1.82, 2.24) is 23.3 Å². The monoisotopic (exact) mass is 783 g/mol. The summed E-state index contributed by atoms with van der Waals surface area (Å²) in [6.07, 6.45) is 6.10. The highest BCUT2D eigenvalue weighted by Gasteiger charge is 2.31. The number of esters is 1. The van der Waals surface area contributed by atoms with Gasteiger partial charge in [-0.1, -0.05) is 31.4 Å². The summed E-state index contributed by atoms with van der Waals surface area (Å²) in [5.41, 5.74) is -0.688. The third-order valence-corrected chi connectivity index (χ3v) is 9.36. The Hall–Kier alpha value is -4.66. The zero-order valence-electron chi connectivity index (χ0n) is 28.1. The molecule has 2 aromatic heterocycles. The van der Waals surface area contributed by atoms with Crippen LogP contribution in [-0.4, -0.2) is 60.3 Å². The Morgan fingerprint density at radius 3 is 2.58 bits per heavy atom. The number of amides is 1. The summed E-state index contributed by atoms with van der Waals surface area (Å²) in [5.74, 6) is 1.00. The molecule has 0 N–H and O–H groups in total. The van der Waals surface area contributed by atoms with E-state index in [1.54, 1.807) is 6.92 Å². The largest absolute Gasteiger partial charge is 0.481 e. The Bertz CT molecular complexity index is 2210. The molecule has 2 aliphatic heterocycles. The molecule has 0 saturated heterocycles. The van der Waals surface area contributed by atoms with Crippen molar-refractivity contribution in [2.24, 2.45) is 10.4 Å². The van der Waals surface area contributed by atoms with Crippen molar-refractivity contribution < 1.29 is 36.6 Å². The predicted octanol–water partition coefficient (Wildman–Crippen LogP) is 5.50. The number of carbonyl (C=O) groups excluding carboxylic acids is 2. The Labute approximate surface area is 308 Å². The van der Waals surface area contributed by atoms with Crippen LogP contribution in [0.25, 0.3) is 5.69 Å². The lowest BCUT2D eigenvalue weighted by Crippen LogP contribution is -2.39. The number of hydrogen-bond donors (Lipinski definition) is 0. The first kappa shape index (κ1) is 38.6. The van der Waals surface area contributed by atoms with E-state index in [0.717, 1.165) is 30.9 Å². The fourth-order valence-corrected chi connectivity index (χ4v) is 6.73. The van der Waals surface area contributed by atoms with Gasteiger partial charge in [0.1, 0.15) is 34.2 Å². The zero-order valence-corrected chi connectivity index (χ0v) is 30.5. The van der Waals surface area contributed by atoms with E-state index in [2.05, 4.69) is 34.2 Å². The van der Waals surface area contributed by atoms with Crippen LogP contribution in [0, 0.1) is 36.3 Å². The van der Waals surface area contributed by atoms with Gasteiger partial charge in [-0.2, -0.15) is 17.8 Å². The minimum absolute atomic E-state index is 0.0424. The van der Waals surface area contributed by atoms with Crippen LogP contribution in [0.2, 0.25) is 5.02 Å². The van der Waals surface area contributed by atoms with Crippen molar-refractivity contribution >= 4 is 58.0 Å². The standard InChI is InChI=1S/C18H17FN4O2S.C15H14Cl2F3N3O3/c1-4-5-22-13-7-12(11(19)6-14(13)25-9-16(22)24)20-17-23-10-18(2,3)8-15(23)21-26-17;1-3-26-13(24)10(17)4-8-5-12(11(18)6-9(8)16)23-15(25)22(14(19)20)7(2)21-23/h1,6-7H,5,8-10H2,2-3H3;5-6,10,14H,3-4H2,1-2H3. The van der Waals surface area contributed by atoms with Gasteiger partial charge in [0.2, 0.25) is 4.80 Å². The van der Waals surface area contributed by atoms with Gasteiger partial charge in [0, 0.05) is 42.0 Å². The molecular weight excluding hydrogens is 753 g/mol. The predicted molar refractivity (Wildman–Crippen MR) is 185 cm³/mol. The van der Waals surface area contributed by atoms with Crippen molar-refractivity contribution in [2.45, 2.75) is 59.0 Å². The first-order chi connectivity index (χ1) is 24.5. The molecule has 0 aliphatic carbocycles. The van der Waals surface area contributed by atoms with E-state index < -0.39 is 35.2 Å². The number of rotatable bonds is 8. The van der Waals surface area contributed by atoms with Gasteiger partial charge in [0.15, 0.2) is 18.2 Å². The third kappa shape index (κ3) is 8.03. The number of fused-ring (bicyclic) bond motifs is 2. The van der Waals surface area contributed by atoms with Crippen LogP contribution in [0.15, 0.2) is 34.1 Å². The minimum atomic E-state index is -3.12. The van der Waals surface area contributed by atoms with Gasteiger partial charge in [-0.15, -0.1) is 23.1 Å². The number of alkyl halides is 3. The average Bonchev–Trinajstić information content (AvgIpc) is 3.69. The van der Waals surface area contributed by atoms with Crippen molar-refractivity contribution in [2.75, 3.05) is 24.7 Å². The number of carbonyl (C=O) groups is 2. The maximum Gasteiger partial charge on any atom is 0.355 e. The molecule has 0 bridgehead atoms. The molecule has 1 atom stereocenters. The van der Waals surface area contributed by atoms with Crippen LogP contribution in [0.3, 0.4) is 0 Å². The van der Waals surface area contributed by atoms with Gasteiger partial charge in [0.05, 0.1) is 18.8 Å². The van der Waals surface area contributed by atoms with E-state index in [1.807, 2.05) is 4.57 Å². The fourth-order valence-electron chi connectivity index (χ4n) is 5.51. The molecule has 1 amide bonds. The molecule has 2 aromatic carbocycles. The maximum atomic E-state index is 14.5. The van der Waals surface area contributed by atoms with Crippen LogP contribution in [0.1, 0.15) is 44.5 Å². The Morgan fingerprint density at radius 2 is 1.92 bits per heavy atom. The fraction of sp³-hybridized carbons (Fsp3) is 0.394. The summed E-state index contributed by atoms with van der Waals surface area (Å²) in [5, 5.41) is 2.52. The lowest BCUT2D eigenvalue weighted by Gasteiger charge is -2.28. The van der Waals surface area contributed by atoms with Gasteiger partial charge in [-0.25, -0.2) is 23.1 Å². The maximum absolute atomic E-state index is 14.5. The lowest BCUT2D eigenvalue weighted by molar-refractivity contribution is -0.142. The summed E-state index contributed by atoms with van der Waals surface area (Å²) in [7, 11) is 0. The summed E-state index contributed by atoms with van der Waals surface area (Å²) < 4.78 is 71.8. The number of aryl methyl sites for hydroxylation is 1. The van der Waals surface area contributed by atoms with Gasteiger partial charge in [-0.3, -0.25) is 14.5 Å². The van der Waals surface area contributed by atoms with Crippen LogP contribution < -0.4 is 20.1 Å². The van der Waals surface area contributed by atoms with E-state index in [1.165, 1.54) is 35.5 Å². The van der Waals surface area contributed by atoms with Crippen molar-refractivity contribution in [3.05, 3.63) is 73.4 Å². The number of hydrogen-bond acceptors (Lipinski definition) is 9. The van der Waals surface area contributed by atoms with Crippen molar-refractivity contribution in [3.8, 4) is 23.8 Å². The highest BCUT2D eigenvalue weighted by Crippen LogP contribution is 2.37. The molecule has 6 rings (SSSR count). The highest BCUT2D eigenvalue weighted by atomic mass is 35.5. The number of ether oxygens (including phenoxy) is 2. The average molecular weight is 785 g/mol. The van der Waals surface area contributed by atoms with Crippen LogP contribution in [0.4, 0.5) is 28.9 Å². The summed E-state index contributed by atoms with van der Waals surface area (Å²) >= 11 is 13.1. The molecule has 4 aromatic rings. The van der Waals surface area contributed by atoms with E-state index in [9.17, 15) is 31.9 Å². The Balaban J connectivity index is 0.000000201. The second-order valence-corrected chi connectivity index (χ2v) is 14.0. The number of halogens is 6. The van der Waals surface area contributed by atoms with Crippen molar-refractivity contribution in [3.63, 3.8) is 0 Å². The molecule has 0 saturated carbocycles. The molecule has 19 heteroatoms. The number of benzene rings is 2. The third-order valence-electron chi connectivity index (χ3n) is 7.90. The molecule has 276 valence electrons. The number of terminal acetylenes is 1. The van der Waals surface area contributed by atoms with Gasteiger partial charge in [0.25, 0.3) is 5.91 Å². The van der Waals surface area contributed by atoms with E-state index in [4.69, 9.17) is 39.1 Å². The number of nitrogens with zero attached hydrogens (tertiary/aromatic N) is 7. The van der Waals surface area contributed by atoms with Crippen LogP contribution >= 0.6 is 34.7 Å². The second kappa shape index (κ2) is 15.5. The molecule has 2 aliphatic rings. The quantitative estimate of drug-likeness (QED) is 0.100. The SMILES string of the molecule is C#CCN1C(=O)COc2cc(F)c(N=c3snc4n3CC(C)(C)C4)cc21.CCOC(=O)C(Cl)Cc1cc(-n2nc(C)n(C(F)F)c2=O)c(F)cc1Cl. The normalized spacial score (nSPS) is 15.4. The van der Waals surface area contributed by atoms with Crippen LogP contribution in [-0.2, 0) is 33.7 Å². The van der Waals surface area contributed by atoms with E-state index in [-0.39, 0.29) is 69.9 Å². The van der Waals surface area contributed by atoms with E-state index >= 15 is 0 Å². The minimum Gasteiger partial charge on any atom is -0.481 e. The van der Waals surface area contributed by atoms with Crippen LogP contribution in [0.5, 0.6) is 5.75 Å². The zero-order chi connectivity index (χ0) is 38.1. The molecule has 1 unspecified atom stereocenters. The number of aromatic nitrogens is 5. The molecule has 0 spiro atoms. The second-order valence-electron chi connectivity index (χ2n) is 12.4. The Kier molecular flexibility index (Phi) is 11.5. The molecule has 4 heterocycles. The van der Waals surface area contributed by atoms with Gasteiger partial charge >= 0.3 is 18.2 Å². The van der Waals surface area contributed by atoms with Crippen molar-refractivity contribution in [1.29, 1.82) is 0 Å². The van der Waals surface area contributed by atoms with Gasteiger partial charge in [-0.05, 0) is 43.0 Å². The molecule has 52 heavy (non-hydrogen) atoms. The summed E-state index contributed by atoms with van der Waals surface area (Å²) in [6.45, 7) is 4.86. The topological polar surface area (TPSA) is 126 Å². The molecule has 0 radical (unpaired) electrons. The number of anilines is 1. The highest BCUT2D eigenvalue weighted by molar-refractivity contribution is 7.02. The Morgan fingerprint density at radius 1 is 1.19 bits per heavy atom. The molecular formula is C33H31Cl2F4N7O5S. The summed E-state index contributed by atoms with van der Waals surface area (Å²) in [4.78, 5) is 42.3. The van der Waals surface area contributed by atoms with Gasteiger partial charge < -0.3 is 14.0 Å². The summed E-state index contributed by atoms with van der Waals surface area (Å²) in [6, 6.07) is 4.78. The van der Waals surface area contributed by atoms with E-state index in [0.29, 0.717) is 20.9 Å². The molecule has 12 nitrogen and oxygen atoms in total. The first-order valence-corrected chi connectivity index (χ1v) is 17.2. The molecule has 0 fully saturated rings. The smallest absolute Gasteiger partial charge is 0.355 e.